The third kappa shape index (κ3) is 8.81. The van der Waals surface area contributed by atoms with Crippen LogP contribution in [-0.2, 0) is 22.3 Å². The molecule has 2 aromatic carbocycles. The summed E-state index contributed by atoms with van der Waals surface area (Å²) in [5.41, 5.74) is 1.66. The number of hydrogen-bond acceptors (Lipinski definition) is 6. The lowest BCUT2D eigenvalue weighted by Crippen LogP contribution is -2.49. The summed E-state index contributed by atoms with van der Waals surface area (Å²) >= 11 is 0. The molecule has 1 atom stereocenters. The normalized spacial score (nSPS) is 16.0. The third-order valence-electron chi connectivity index (χ3n) is 8.19. The molecule has 47 heavy (non-hydrogen) atoms. The van der Waals surface area contributed by atoms with Crippen molar-refractivity contribution in [3.63, 3.8) is 0 Å². The molecular formula is C35H40F3N5O4. The molecule has 1 saturated heterocycles. The largest absolute Gasteiger partial charge is 0.444 e. The summed E-state index contributed by atoms with van der Waals surface area (Å²) in [5.74, 6) is 0.0772. The smallest absolute Gasteiger partial charge is 0.416 e. The van der Waals surface area contributed by atoms with Crippen molar-refractivity contribution in [3.05, 3.63) is 83.2 Å². The number of halogens is 3. The molecule has 0 spiro atoms. The van der Waals surface area contributed by atoms with Gasteiger partial charge in [-0.05, 0) is 87.1 Å². The Bertz CT molecular complexity index is 1610. The number of anilines is 1. The summed E-state index contributed by atoms with van der Waals surface area (Å²) in [7, 11) is 0. The maximum absolute atomic E-state index is 13.6. The Morgan fingerprint density at radius 3 is 2.26 bits per heavy atom. The molecule has 2 N–H and O–H groups in total. The van der Waals surface area contributed by atoms with E-state index in [9.17, 15) is 27.6 Å². The topological polar surface area (TPSA) is 104 Å². The van der Waals surface area contributed by atoms with E-state index in [2.05, 4.69) is 20.5 Å². The molecule has 1 aliphatic carbocycles. The molecule has 3 aromatic rings. The summed E-state index contributed by atoms with van der Waals surface area (Å²) in [4.78, 5) is 46.1. The fraction of sp³-hybridized carbons (Fsp3) is 0.429. The van der Waals surface area contributed by atoms with Crippen molar-refractivity contribution in [2.45, 2.75) is 64.9 Å². The summed E-state index contributed by atoms with van der Waals surface area (Å²) in [6.07, 6.45) is -1.66. The van der Waals surface area contributed by atoms with Crippen molar-refractivity contribution < 1.29 is 32.3 Å². The number of carbonyl (C=O) groups excluding carboxylic acids is 3. The van der Waals surface area contributed by atoms with Crippen molar-refractivity contribution >= 4 is 23.6 Å². The van der Waals surface area contributed by atoms with Gasteiger partial charge < -0.3 is 25.2 Å². The molecule has 3 amide bonds. The van der Waals surface area contributed by atoms with Gasteiger partial charge in [-0.1, -0.05) is 30.3 Å². The number of aromatic nitrogens is 1. The van der Waals surface area contributed by atoms with Gasteiger partial charge in [-0.2, -0.15) is 13.2 Å². The van der Waals surface area contributed by atoms with Crippen molar-refractivity contribution in [1.82, 2.24) is 20.5 Å². The second kappa shape index (κ2) is 13.6. The zero-order chi connectivity index (χ0) is 33.9. The molecule has 2 aliphatic rings. The first-order chi connectivity index (χ1) is 22.2. The van der Waals surface area contributed by atoms with Gasteiger partial charge in [-0.3, -0.25) is 14.6 Å². The minimum Gasteiger partial charge on any atom is -0.444 e. The zero-order valence-corrected chi connectivity index (χ0v) is 27.0. The Morgan fingerprint density at radius 1 is 0.957 bits per heavy atom. The number of amides is 3. The van der Waals surface area contributed by atoms with Gasteiger partial charge in [0.1, 0.15) is 11.3 Å². The summed E-state index contributed by atoms with van der Waals surface area (Å²) < 4.78 is 46.1. The van der Waals surface area contributed by atoms with Crippen LogP contribution in [0.3, 0.4) is 0 Å². The number of alkyl carbamates (subject to hydrolysis) is 1. The number of ether oxygens (including phenoxy) is 1. The molecule has 1 aliphatic heterocycles. The van der Waals surface area contributed by atoms with E-state index in [0.29, 0.717) is 42.9 Å². The Morgan fingerprint density at radius 2 is 1.64 bits per heavy atom. The van der Waals surface area contributed by atoms with Crippen molar-refractivity contribution in [2.75, 3.05) is 31.1 Å². The molecule has 2 heterocycles. The first kappa shape index (κ1) is 33.7. The van der Waals surface area contributed by atoms with Crippen LogP contribution >= 0.6 is 0 Å². The lowest BCUT2D eigenvalue weighted by Gasteiger charge is -2.36. The van der Waals surface area contributed by atoms with Crippen LogP contribution in [0.4, 0.5) is 23.7 Å². The Balaban J connectivity index is 1.24. The summed E-state index contributed by atoms with van der Waals surface area (Å²) in [6, 6.07) is 13.4. The highest BCUT2D eigenvalue weighted by molar-refractivity contribution is 5.93. The number of rotatable bonds is 8. The number of alkyl halides is 3. The number of hydrogen-bond donors (Lipinski definition) is 2. The average Bonchev–Trinajstić information content (AvgIpc) is 3.88. The number of carbonyl (C=O) groups is 3. The summed E-state index contributed by atoms with van der Waals surface area (Å²) in [6.45, 7) is 9.59. The van der Waals surface area contributed by atoms with Gasteiger partial charge in [0.2, 0.25) is 5.91 Å². The molecule has 9 nitrogen and oxygen atoms in total. The molecule has 12 heteroatoms. The standard InChI is InChI=1S/C35H40F3N5O4/c1-22(41-31(44)30-20-28(13-14-39-30)42-15-17-43(18-16-42)32(45)25-9-10-25)23-5-7-24(8-6-23)29-19-27(35(36,37)38)12-11-26(29)21-40-33(46)47-34(2,3)4/h5-8,11-14,19-20,22,25H,9-10,15-18,21H2,1-4H3,(H,40,46)(H,41,44)/t22-/m1/s1. The highest BCUT2D eigenvalue weighted by atomic mass is 19.4. The molecule has 0 radical (unpaired) electrons. The molecule has 1 aromatic heterocycles. The van der Waals surface area contributed by atoms with E-state index in [1.807, 2.05) is 17.9 Å². The lowest BCUT2D eigenvalue weighted by atomic mass is 9.95. The van der Waals surface area contributed by atoms with Crippen LogP contribution in [-0.4, -0.2) is 59.6 Å². The Hall–Kier alpha value is -4.61. The van der Waals surface area contributed by atoms with Crippen LogP contribution < -0.4 is 15.5 Å². The fourth-order valence-electron chi connectivity index (χ4n) is 5.48. The minimum atomic E-state index is -4.54. The number of nitrogens with one attached hydrogen (secondary N) is 2. The third-order valence-corrected chi connectivity index (χ3v) is 8.19. The van der Waals surface area contributed by atoms with Crippen LogP contribution in [0.25, 0.3) is 11.1 Å². The Labute approximate surface area is 272 Å². The first-order valence-electron chi connectivity index (χ1n) is 15.8. The van der Waals surface area contributed by atoms with Crippen molar-refractivity contribution in [3.8, 4) is 11.1 Å². The quantitative estimate of drug-likeness (QED) is 0.295. The van der Waals surface area contributed by atoms with Crippen LogP contribution in [0.15, 0.2) is 60.8 Å². The number of pyridine rings is 1. The van der Waals surface area contributed by atoms with Gasteiger partial charge in [-0.15, -0.1) is 0 Å². The predicted molar refractivity (Wildman–Crippen MR) is 172 cm³/mol. The van der Waals surface area contributed by atoms with E-state index in [1.165, 1.54) is 6.07 Å². The molecule has 0 bridgehead atoms. The van der Waals surface area contributed by atoms with Gasteiger partial charge in [0, 0.05) is 50.5 Å². The average molecular weight is 652 g/mol. The molecule has 5 rings (SSSR count). The highest BCUT2D eigenvalue weighted by Crippen LogP contribution is 2.35. The van der Waals surface area contributed by atoms with Gasteiger partial charge in [-0.25, -0.2) is 4.79 Å². The van der Waals surface area contributed by atoms with E-state index in [-0.39, 0.29) is 30.0 Å². The van der Waals surface area contributed by atoms with E-state index in [0.717, 1.165) is 36.2 Å². The van der Waals surface area contributed by atoms with Crippen LogP contribution in [0, 0.1) is 5.92 Å². The van der Waals surface area contributed by atoms with Gasteiger partial charge in [0.05, 0.1) is 11.6 Å². The fourth-order valence-corrected chi connectivity index (χ4v) is 5.48. The maximum atomic E-state index is 13.6. The van der Waals surface area contributed by atoms with E-state index in [4.69, 9.17) is 4.74 Å². The van der Waals surface area contributed by atoms with Gasteiger partial charge in [0.25, 0.3) is 5.91 Å². The van der Waals surface area contributed by atoms with Gasteiger partial charge in [0.15, 0.2) is 0 Å². The van der Waals surface area contributed by atoms with E-state index in [1.54, 1.807) is 57.3 Å². The molecule has 2 fully saturated rings. The summed E-state index contributed by atoms with van der Waals surface area (Å²) in [5, 5.41) is 5.57. The van der Waals surface area contributed by atoms with Crippen LogP contribution in [0.1, 0.15) is 73.8 Å². The zero-order valence-electron chi connectivity index (χ0n) is 27.0. The number of nitrogens with zero attached hydrogens (tertiary/aromatic N) is 3. The SMILES string of the molecule is C[C@@H](NC(=O)c1cc(N2CCN(C(=O)C3CC3)CC2)ccn1)c1ccc(-c2cc(C(F)(F)F)ccc2CNC(=O)OC(C)(C)C)cc1. The van der Waals surface area contributed by atoms with Gasteiger partial charge >= 0.3 is 12.3 Å². The van der Waals surface area contributed by atoms with Crippen molar-refractivity contribution in [1.29, 1.82) is 0 Å². The van der Waals surface area contributed by atoms with E-state index < -0.39 is 29.5 Å². The maximum Gasteiger partial charge on any atom is 0.416 e. The second-order valence-electron chi connectivity index (χ2n) is 13.0. The van der Waals surface area contributed by atoms with E-state index >= 15 is 0 Å². The molecule has 0 unspecified atom stereocenters. The number of benzene rings is 2. The first-order valence-corrected chi connectivity index (χ1v) is 15.8. The van der Waals surface area contributed by atoms with Crippen LogP contribution in [0.5, 0.6) is 0 Å². The predicted octanol–water partition coefficient (Wildman–Crippen LogP) is 6.34. The highest BCUT2D eigenvalue weighted by Gasteiger charge is 2.35. The van der Waals surface area contributed by atoms with Crippen LogP contribution in [0.2, 0.25) is 0 Å². The monoisotopic (exact) mass is 651 g/mol. The minimum absolute atomic E-state index is 0.0308. The second-order valence-corrected chi connectivity index (χ2v) is 13.0. The molecule has 250 valence electrons. The van der Waals surface area contributed by atoms with Crippen molar-refractivity contribution in [2.24, 2.45) is 5.92 Å². The molecular weight excluding hydrogens is 611 g/mol. The lowest BCUT2D eigenvalue weighted by molar-refractivity contribution is -0.137. The molecule has 1 saturated carbocycles. The number of piperazine rings is 1. The Kier molecular flexibility index (Phi) is 9.78.